The van der Waals surface area contributed by atoms with Crippen LogP contribution in [-0.2, 0) is 6.42 Å². The summed E-state index contributed by atoms with van der Waals surface area (Å²) in [6, 6.07) is 8.83. The molecule has 0 aliphatic rings. The van der Waals surface area contributed by atoms with Crippen LogP contribution in [0.3, 0.4) is 0 Å². The van der Waals surface area contributed by atoms with Crippen LogP contribution in [0.1, 0.15) is 103 Å². The summed E-state index contributed by atoms with van der Waals surface area (Å²) >= 11 is 0. The third-order valence-corrected chi connectivity index (χ3v) is 4.81. The Kier molecular flexibility index (Phi) is 17.2. The topological polar surface area (TPSA) is 0 Å². The Balaban J connectivity index is 0. The van der Waals surface area contributed by atoms with Crippen LogP contribution in [0.15, 0.2) is 24.3 Å². The van der Waals surface area contributed by atoms with Crippen molar-refractivity contribution in [2.45, 2.75) is 104 Å². The van der Waals surface area contributed by atoms with Crippen molar-refractivity contribution in [3.05, 3.63) is 35.4 Å². The van der Waals surface area contributed by atoms with E-state index in [9.17, 15) is 0 Å². The Morgan fingerprint density at radius 2 is 1.09 bits per heavy atom. The molecule has 23 heavy (non-hydrogen) atoms. The maximum Gasteiger partial charge on any atom is 1.00 e. The molecule has 1 heteroatoms. The van der Waals surface area contributed by atoms with Gasteiger partial charge >= 0.3 is 29.6 Å². The van der Waals surface area contributed by atoms with E-state index in [0.29, 0.717) is 0 Å². The minimum Gasteiger partial charge on any atom is -1.00 e. The quantitative estimate of drug-likeness (QED) is 0.342. The predicted molar refractivity (Wildman–Crippen MR) is 102 cm³/mol. The van der Waals surface area contributed by atoms with Gasteiger partial charge < -0.3 is 1.43 Å². The minimum atomic E-state index is 0. The molecule has 0 amide bonds. The number of unbranched alkanes of at least 4 members (excludes halogenated alkanes) is 12. The van der Waals surface area contributed by atoms with E-state index in [0.717, 1.165) is 0 Å². The molecule has 1 rings (SSSR count). The molecule has 0 aromatic heterocycles. The fourth-order valence-corrected chi connectivity index (χ4v) is 3.22. The van der Waals surface area contributed by atoms with E-state index in [2.05, 4.69) is 38.1 Å². The van der Waals surface area contributed by atoms with Crippen LogP contribution in [0.2, 0.25) is 0 Å². The summed E-state index contributed by atoms with van der Waals surface area (Å²) in [5, 5.41) is 0. The van der Waals surface area contributed by atoms with Crippen molar-refractivity contribution in [2.24, 2.45) is 0 Å². The van der Waals surface area contributed by atoms with Gasteiger partial charge in [0.25, 0.3) is 0 Å². The maximum absolute atomic E-state index is 2.29. The first-order valence-corrected chi connectivity index (χ1v) is 9.89. The Bertz CT molecular complexity index is 365. The summed E-state index contributed by atoms with van der Waals surface area (Å²) in [5.41, 5.74) is 3.01. The molecule has 1 aromatic carbocycles. The number of aryl methyl sites for hydroxylation is 2. The molecule has 0 saturated carbocycles. The molecule has 0 bridgehead atoms. The molecule has 0 radical (unpaired) electrons. The van der Waals surface area contributed by atoms with E-state index in [1.165, 1.54) is 95.5 Å². The van der Waals surface area contributed by atoms with Crippen LogP contribution in [-0.4, -0.2) is 0 Å². The van der Waals surface area contributed by atoms with E-state index in [4.69, 9.17) is 0 Å². The van der Waals surface area contributed by atoms with Crippen molar-refractivity contribution in [2.75, 3.05) is 0 Å². The van der Waals surface area contributed by atoms with Gasteiger partial charge in [0, 0.05) is 0 Å². The monoisotopic (exact) mass is 326 g/mol. The standard InChI is InChI=1S/C22H38.Na.H/c1-3-4-5-6-7-8-9-10-11-12-13-14-15-19-22-20-17-16-18-21(22)2;;/h16-18,20H,3-15,19H2,1-2H3;;/q;+1;-1. The Morgan fingerprint density at radius 3 is 1.57 bits per heavy atom. The summed E-state index contributed by atoms with van der Waals surface area (Å²) in [7, 11) is 0. The van der Waals surface area contributed by atoms with Crippen molar-refractivity contribution in [1.29, 1.82) is 0 Å². The molecule has 0 heterocycles. The minimum absolute atomic E-state index is 0. The molecular formula is C22H39Na. The molecule has 0 unspecified atom stereocenters. The zero-order valence-corrected chi connectivity index (χ0v) is 18.2. The van der Waals surface area contributed by atoms with Crippen molar-refractivity contribution in [3.63, 3.8) is 0 Å². The van der Waals surface area contributed by atoms with Crippen LogP contribution in [0.5, 0.6) is 0 Å². The Hall–Kier alpha value is 0.220. The van der Waals surface area contributed by atoms with Crippen LogP contribution < -0.4 is 29.6 Å². The predicted octanol–water partition coefficient (Wildman–Crippen LogP) is 4.75. The van der Waals surface area contributed by atoms with Gasteiger partial charge in [-0.15, -0.1) is 0 Å². The first-order chi connectivity index (χ1) is 10.8. The molecule has 1 aromatic rings. The third-order valence-electron chi connectivity index (χ3n) is 4.81. The molecule has 0 aliphatic heterocycles. The molecule has 0 nitrogen and oxygen atoms in total. The third kappa shape index (κ3) is 13.2. The van der Waals surface area contributed by atoms with Crippen LogP contribution >= 0.6 is 0 Å². The molecule has 128 valence electrons. The van der Waals surface area contributed by atoms with E-state index >= 15 is 0 Å². The maximum atomic E-state index is 2.29. The van der Waals surface area contributed by atoms with Gasteiger partial charge in [0.05, 0.1) is 0 Å². The van der Waals surface area contributed by atoms with Crippen molar-refractivity contribution in [3.8, 4) is 0 Å². The van der Waals surface area contributed by atoms with Gasteiger partial charge in [-0.3, -0.25) is 0 Å². The second kappa shape index (κ2) is 17.1. The summed E-state index contributed by atoms with van der Waals surface area (Å²) < 4.78 is 0. The number of benzene rings is 1. The van der Waals surface area contributed by atoms with Crippen molar-refractivity contribution >= 4 is 0 Å². The molecule has 0 saturated heterocycles. The van der Waals surface area contributed by atoms with Gasteiger partial charge in [0.2, 0.25) is 0 Å². The average molecular weight is 327 g/mol. The largest absolute Gasteiger partial charge is 1.00 e. The SMILES string of the molecule is CCCCCCCCCCCCCCCc1ccccc1C.[H-].[Na+]. The normalized spacial score (nSPS) is 10.5. The van der Waals surface area contributed by atoms with Crippen molar-refractivity contribution in [1.82, 2.24) is 0 Å². The zero-order valence-electron chi connectivity index (χ0n) is 17.2. The molecule has 0 N–H and O–H groups in total. The van der Waals surface area contributed by atoms with Gasteiger partial charge in [-0.1, -0.05) is 108 Å². The summed E-state index contributed by atoms with van der Waals surface area (Å²) in [4.78, 5) is 0. The first-order valence-electron chi connectivity index (χ1n) is 9.89. The molecular weight excluding hydrogens is 287 g/mol. The van der Waals surface area contributed by atoms with Crippen LogP contribution in [0, 0.1) is 6.92 Å². The number of hydrogen-bond donors (Lipinski definition) is 0. The molecule has 0 fully saturated rings. The van der Waals surface area contributed by atoms with E-state index in [1.54, 1.807) is 5.56 Å². The van der Waals surface area contributed by atoms with E-state index < -0.39 is 0 Å². The molecule has 0 spiro atoms. The van der Waals surface area contributed by atoms with E-state index in [1.807, 2.05) is 0 Å². The summed E-state index contributed by atoms with van der Waals surface area (Å²) in [6.45, 7) is 4.53. The number of rotatable bonds is 14. The second-order valence-corrected chi connectivity index (χ2v) is 6.92. The van der Waals surface area contributed by atoms with Crippen LogP contribution in [0.25, 0.3) is 0 Å². The van der Waals surface area contributed by atoms with Crippen molar-refractivity contribution < 1.29 is 31.0 Å². The smallest absolute Gasteiger partial charge is 1.00 e. The van der Waals surface area contributed by atoms with Gasteiger partial charge in [0.1, 0.15) is 0 Å². The summed E-state index contributed by atoms with van der Waals surface area (Å²) in [6.07, 6.45) is 20.0. The molecule has 0 atom stereocenters. The summed E-state index contributed by atoms with van der Waals surface area (Å²) in [5.74, 6) is 0. The van der Waals surface area contributed by atoms with Gasteiger partial charge in [-0.2, -0.15) is 0 Å². The Morgan fingerprint density at radius 1 is 0.652 bits per heavy atom. The fraction of sp³-hybridized carbons (Fsp3) is 0.727. The van der Waals surface area contributed by atoms with Crippen LogP contribution in [0.4, 0.5) is 0 Å². The van der Waals surface area contributed by atoms with Gasteiger partial charge in [-0.25, -0.2) is 0 Å². The average Bonchev–Trinajstić information content (AvgIpc) is 2.53. The first kappa shape index (κ1) is 23.2. The van der Waals surface area contributed by atoms with Gasteiger partial charge in [-0.05, 0) is 30.9 Å². The molecule has 0 aliphatic carbocycles. The number of hydrogen-bond acceptors (Lipinski definition) is 0. The van der Waals surface area contributed by atoms with Gasteiger partial charge in [0.15, 0.2) is 0 Å². The fourth-order valence-electron chi connectivity index (χ4n) is 3.22. The second-order valence-electron chi connectivity index (χ2n) is 6.92. The zero-order chi connectivity index (χ0) is 15.9. The Labute approximate surface area is 169 Å². The van der Waals surface area contributed by atoms with E-state index in [-0.39, 0.29) is 31.0 Å².